The first kappa shape index (κ1) is 12.4. The Hall–Kier alpha value is -0.700. The Morgan fingerprint density at radius 3 is 2.67 bits per heavy atom. The first-order chi connectivity index (χ1) is 7.22. The molecule has 0 aromatic carbocycles. The molecule has 0 saturated carbocycles. The molecule has 0 aliphatic carbocycles. The van der Waals surface area contributed by atoms with Gasteiger partial charge in [0.05, 0.1) is 6.67 Å². The molecule has 1 atom stereocenters. The van der Waals surface area contributed by atoms with Crippen molar-refractivity contribution in [2.75, 3.05) is 20.3 Å². The molecule has 2 N–H and O–H groups in total. The minimum absolute atomic E-state index is 0.650. The van der Waals surface area contributed by atoms with E-state index in [9.17, 15) is 0 Å². The Morgan fingerprint density at radius 2 is 2.20 bits per heavy atom. The van der Waals surface area contributed by atoms with Gasteiger partial charge in [-0.1, -0.05) is 26.7 Å². The fraction of sp³-hybridized carbons (Fsp3) is 0.833. The second-order valence-electron chi connectivity index (χ2n) is 4.38. The molecule has 3 heteroatoms. The summed E-state index contributed by atoms with van der Waals surface area (Å²) in [4.78, 5) is 4.69. The van der Waals surface area contributed by atoms with Gasteiger partial charge in [0.1, 0.15) is 0 Å². The zero-order valence-corrected chi connectivity index (χ0v) is 10.4. The van der Waals surface area contributed by atoms with Crippen molar-refractivity contribution in [3.05, 3.63) is 11.9 Å². The molecule has 1 heterocycles. The standard InChI is InChI=1S/C12H25N3/c1-4-6-7-11(5-2)15-9-12(8-13)14(3)10-15/h9,11H,4-8,10,13H2,1-3H3. The summed E-state index contributed by atoms with van der Waals surface area (Å²) in [5.74, 6) is 0. The van der Waals surface area contributed by atoms with Gasteiger partial charge in [-0.2, -0.15) is 0 Å². The summed E-state index contributed by atoms with van der Waals surface area (Å²) in [6, 6.07) is 0.691. The van der Waals surface area contributed by atoms with Crippen molar-refractivity contribution in [2.24, 2.45) is 5.73 Å². The van der Waals surface area contributed by atoms with Crippen LogP contribution in [0.4, 0.5) is 0 Å². The van der Waals surface area contributed by atoms with Crippen LogP contribution in [0.25, 0.3) is 0 Å². The van der Waals surface area contributed by atoms with E-state index >= 15 is 0 Å². The largest absolute Gasteiger partial charge is 0.358 e. The third-order valence-electron chi connectivity index (χ3n) is 3.22. The molecule has 1 aliphatic heterocycles. The highest BCUT2D eigenvalue weighted by Gasteiger charge is 2.21. The lowest BCUT2D eigenvalue weighted by Crippen LogP contribution is -2.33. The van der Waals surface area contributed by atoms with E-state index in [1.54, 1.807) is 0 Å². The van der Waals surface area contributed by atoms with Crippen molar-refractivity contribution >= 4 is 0 Å². The minimum Gasteiger partial charge on any atom is -0.358 e. The van der Waals surface area contributed by atoms with E-state index in [4.69, 9.17) is 5.73 Å². The molecule has 0 fully saturated rings. The van der Waals surface area contributed by atoms with E-state index in [0.29, 0.717) is 12.6 Å². The van der Waals surface area contributed by atoms with Gasteiger partial charge >= 0.3 is 0 Å². The molecule has 1 rings (SSSR count). The number of nitrogens with two attached hydrogens (primary N) is 1. The lowest BCUT2D eigenvalue weighted by atomic mass is 10.1. The highest BCUT2D eigenvalue weighted by Crippen LogP contribution is 2.20. The second-order valence-corrected chi connectivity index (χ2v) is 4.38. The van der Waals surface area contributed by atoms with E-state index in [-0.39, 0.29) is 0 Å². The number of unbranched alkanes of at least 4 members (excludes halogenated alkanes) is 1. The molecule has 1 unspecified atom stereocenters. The Morgan fingerprint density at radius 1 is 1.47 bits per heavy atom. The Kier molecular flexibility index (Phi) is 4.95. The molecule has 0 aromatic rings. The Balaban J connectivity index is 2.52. The lowest BCUT2D eigenvalue weighted by molar-refractivity contribution is 0.209. The fourth-order valence-electron chi connectivity index (χ4n) is 2.14. The maximum absolute atomic E-state index is 5.69. The summed E-state index contributed by atoms with van der Waals surface area (Å²) in [6.07, 6.45) is 7.37. The first-order valence-electron chi connectivity index (χ1n) is 6.10. The molecule has 3 nitrogen and oxygen atoms in total. The van der Waals surface area contributed by atoms with Crippen molar-refractivity contribution in [1.82, 2.24) is 9.80 Å². The van der Waals surface area contributed by atoms with E-state index in [1.807, 2.05) is 0 Å². The monoisotopic (exact) mass is 211 g/mol. The van der Waals surface area contributed by atoms with Crippen molar-refractivity contribution < 1.29 is 0 Å². The quantitative estimate of drug-likeness (QED) is 0.729. The van der Waals surface area contributed by atoms with Crippen LogP contribution < -0.4 is 5.73 Å². The predicted molar refractivity (Wildman–Crippen MR) is 65.2 cm³/mol. The zero-order valence-electron chi connectivity index (χ0n) is 10.4. The molecule has 15 heavy (non-hydrogen) atoms. The van der Waals surface area contributed by atoms with Crippen molar-refractivity contribution in [2.45, 2.75) is 45.6 Å². The highest BCUT2D eigenvalue weighted by molar-refractivity contribution is 5.07. The fourth-order valence-corrected chi connectivity index (χ4v) is 2.14. The molecule has 0 amide bonds. The van der Waals surface area contributed by atoms with Gasteiger partial charge < -0.3 is 15.5 Å². The summed E-state index contributed by atoms with van der Waals surface area (Å²) in [5, 5.41) is 0. The smallest absolute Gasteiger partial charge is 0.0896 e. The number of hydrogen-bond donors (Lipinski definition) is 1. The molecule has 0 radical (unpaired) electrons. The van der Waals surface area contributed by atoms with Crippen LogP contribution >= 0.6 is 0 Å². The number of hydrogen-bond acceptors (Lipinski definition) is 3. The summed E-state index contributed by atoms with van der Waals surface area (Å²) in [7, 11) is 2.12. The van der Waals surface area contributed by atoms with Gasteiger partial charge in [0.25, 0.3) is 0 Å². The van der Waals surface area contributed by atoms with Crippen molar-refractivity contribution in [3.63, 3.8) is 0 Å². The van der Waals surface area contributed by atoms with Crippen molar-refractivity contribution in [3.8, 4) is 0 Å². The van der Waals surface area contributed by atoms with Gasteiger partial charge in [-0.3, -0.25) is 0 Å². The van der Waals surface area contributed by atoms with Gasteiger partial charge in [0.15, 0.2) is 0 Å². The molecular formula is C12H25N3. The summed E-state index contributed by atoms with van der Waals surface area (Å²) in [6.45, 7) is 6.19. The van der Waals surface area contributed by atoms with Crippen LogP contribution in [0.2, 0.25) is 0 Å². The average molecular weight is 211 g/mol. The van der Waals surface area contributed by atoms with Crippen LogP contribution in [0, 0.1) is 0 Å². The zero-order chi connectivity index (χ0) is 11.3. The van der Waals surface area contributed by atoms with Crippen LogP contribution in [0.15, 0.2) is 11.9 Å². The van der Waals surface area contributed by atoms with E-state index < -0.39 is 0 Å². The maximum atomic E-state index is 5.69. The SMILES string of the molecule is CCCCC(CC)N1C=C(CN)N(C)C1. The van der Waals surface area contributed by atoms with Crippen LogP contribution in [-0.2, 0) is 0 Å². The van der Waals surface area contributed by atoms with Crippen LogP contribution in [0.3, 0.4) is 0 Å². The normalized spacial score (nSPS) is 18.3. The molecule has 0 saturated heterocycles. The first-order valence-corrected chi connectivity index (χ1v) is 6.10. The van der Waals surface area contributed by atoms with Gasteiger partial charge in [0, 0.05) is 31.5 Å². The highest BCUT2D eigenvalue weighted by atomic mass is 15.4. The van der Waals surface area contributed by atoms with E-state index in [0.717, 1.165) is 6.67 Å². The van der Waals surface area contributed by atoms with E-state index in [1.165, 1.54) is 31.4 Å². The van der Waals surface area contributed by atoms with E-state index in [2.05, 4.69) is 36.9 Å². The number of rotatable bonds is 6. The van der Waals surface area contributed by atoms with Crippen LogP contribution in [0.5, 0.6) is 0 Å². The van der Waals surface area contributed by atoms with Gasteiger partial charge in [-0.05, 0) is 12.8 Å². The molecule has 0 bridgehead atoms. The predicted octanol–water partition coefficient (Wildman–Crippen LogP) is 1.96. The molecular weight excluding hydrogens is 186 g/mol. The third kappa shape index (κ3) is 3.13. The number of likely N-dealkylation sites (N-methyl/N-ethyl adjacent to an activating group) is 1. The number of nitrogens with zero attached hydrogens (tertiary/aromatic N) is 2. The maximum Gasteiger partial charge on any atom is 0.0896 e. The summed E-state index contributed by atoms with van der Waals surface area (Å²) < 4.78 is 0. The minimum atomic E-state index is 0.650. The molecule has 0 aromatic heterocycles. The summed E-state index contributed by atoms with van der Waals surface area (Å²) in [5.41, 5.74) is 6.95. The molecule has 1 aliphatic rings. The molecule has 88 valence electrons. The average Bonchev–Trinajstić information content (AvgIpc) is 2.61. The Labute approximate surface area is 93.9 Å². The third-order valence-corrected chi connectivity index (χ3v) is 3.22. The Bertz CT molecular complexity index is 213. The second kappa shape index (κ2) is 6.01. The summed E-state index contributed by atoms with van der Waals surface area (Å²) >= 11 is 0. The van der Waals surface area contributed by atoms with Crippen LogP contribution in [-0.4, -0.2) is 36.1 Å². The van der Waals surface area contributed by atoms with Gasteiger partial charge in [-0.25, -0.2) is 0 Å². The van der Waals surface area contributed by atoms with Crippen LogP contribution in [0.1, 0.15) is 39.5 Å². The van der Waals surface area contributed by atoms with Gasteiger partial charge in [0.2, 0.25) is 0 Å². The lowest BCUT2D eigenvalue weighted by Gasteiger charge is -2.27. The topological polar surface area (TPSA) is 32.5 Å². The molecule has 0 spiro atoms. The van der Waals surface area contributed by atoms with Crippen molar-refractivity contribution in [1.29, 1.82) is 0 Å². The van der Waals surface area contributed by atoms with Gasteiger partial charge in [-0.15, -0.1) is 0 Å².